The Morgan fingerprint density at radius 2 is 1.72 bits per heavy atom. The van der Waals surface area contributed by atoms with Crippen LogP contribution in [-0.4, -0.2) is 30.4 Å². The molecule has 36 heavy (non-hydrogen) atoms. The number of benzene rings is 3. The number of halogens is 1. The third kappa shape index (κ3) is 6.62. The average Bonchev–Trinajstić information content (AvgIpc) is 2.83. The summed E-state index contributed by atoms with van der Waals surface area (Å²) in [5, 5.41) is 19.0. The van der Waals surface area contributed by atoms with Crippen molar-refractivity contribution in [2.45, 2.75) is 46.0 Å². The number of aliphatic hydroxyl groups excluding tert-OH is 1. The predicted molar refractivity (Wildman–Crippen MR) is 136 cm³/mol. The highest BCUT2D eigenvalue weighted by atomic mass is 19.1. The molecule has 0 aliphatic heterocycles. The van der Waals surface area contributed by atoms with Gasteiger partial charge in [-0.1, -0.05) is 45.0 Å². The molecule has 0 saturated heterocycles. The van der Waals surface area contributed by atoms with Gasteiger partial charge in [0.15, 0.2) is 0 Å². The maximum Gasteiger partial charge on any atom is 0.306 e. The molecule has 0 aliphatic rings. The lowest BCUT2D eigenvalue weighted by Crippen LogP contribution is -2.21. The van der Waals surface area contributed by atoms with Crippen LogP contribution in [-0.2, 0) is 16.1 Å². The lowest BCUT2D eigenvalue weighted by molar-refractivity contribution is -0.139. The number of rotatable bonds is 10. The molecule has 3 rings (SSSR count). The zero-order valence-electron chi connectivity index (χ0n) is 21.2. The van der Waals surface area contributed by atoms with Crippen LogP contribution in [0.2, 0.25) is 0 Å². The third-order valence-electron chi connectivity index (χ3n) is 5.90. The zero-order chi connectivity index (χ0) is 26.5. The van der Waals surface area contributed by atoms with Crippen LogP contribution >= 0.6 is 0 Å². The Balaban J connectivity index is 1.96. The first-order chi connectivity index (χ1) is 17.0. The minimum absolute atomic E-state index is 0.215. The predicted octanol–water partition coefficient (Wildman–Crippen LogP) is 6.32. The molecule has 0 heterocycles. The van der Waals surface area contributed by atoms with Crippen LogP contribution in [0.1, 0.15) is 56.1 Å². The Morgan fingerprint density at radius 1 is 0.972 bits per heavy atom. The lowest BCUT2D eigenvalue weighted by atomic mass is 9.81. The summed E-state index contributed by atoms with van der Waals surface area (Å²) in [7, 11) is 3.18. The molecule has 3 aromatic rings. The number of carboxylic acids is 1. The number of methoxy groups -OCH3 is 2. The van der Waals surface area contributed by atoms with Crippen LogP contribution in [0.15, 0.2) is 60.7 Å². The molecule has 7 heteroatoms. The molecule has 0 spiro atoms. The number of ether oxygens (including phenoxy) is 3. The average molecular weight is 497 g/mol. The summed E-state index contributed by atoms with van der Waals surface area (Å²) in [4.78, 5) is 10.9. The molecule has 0 aliphatic carbocycles. The molecule has 1 unspecified atom stereocenters. The van der Waals surface area contributed by atoms with Crippen LogP contribution < -0.4 is 9.47 Å². The molecule has 2 atom stereocenters. The van der Waals surface area contributed by atoms with Crippen LogP contribution in [0, 0.1) is 11.2 Å². The lowest BCUT2D eigenvalue weighted by Gasteiger charge is -2.32. The van der Waals surface area contributed by atoms with Gasteiger partial charge in [-0.15, -0.1) is 0 Å². The van der Waals surface area contributed by atoms with Gasteiger partial charge in [-0.3, -0.25) is 4.79 Å². The maximum atomic E-state index is 14.9. The molecule has 192 valence electrons. The van der Waals surface area contributed by atoms with Crippen molar-refractivity contribution in [3.63, 3.8) is 0 Å². The number of carboxylic acid groups (broad SMARTS) is 1. The largest absolute Gasteiger partial charge is 0.497 e. The van der Waals surface area contributed by atoms with E-state index in [4.69, 9.17) is 19.3 Å². The van der Waals surface area contributed by atoms with Crippen molar-refractivity contribution >= 4 is 5.97 Å². The van der Waals surface area contributed by atoms with E-state index < -0.39 is 12.1 Å². The van der Waals surface area contributed by atoms with Gasteiger partial charge < -0.3 is 24.4 Å². The van der Waals surface area contributed by atoms with Crippen LogP contribution in [0.5, 0.6) is 11.5 Å². The summed E-state index contributed by atoms with van der Waals surface area (Å²) in [6, 6.07) is 17.1. The first-order valence-corrected chi connectivity index (χ1v) is 11.7. The molecule has 0 saturated carbocycles. The molecule has 2 N–H and O–H groups in total. The Bertz CT molecular complexity index is 1200. The standard InChI is InChI=1S/C29H33FO6/c1-29(2,3)28(35-5)24-13-18(9-11-22(24)23-15-20(34-4)10-12-25(23)30)17-36-21-8-6-7-19(14-21)26(31)16-27(32)33/h6-15,26,28,31H,16-17H2,1-5H3,(H,32,33)/t26-,28?/m1/s1. The second-order valence-electron chi connectivity index (χ2n) is 9.72. The summed E-state index contributed by atoms with van der Waals surface area (Å²) in [6.07, 6.45) is -1.84. The fourth-order valence-electron chi connectivity index (χ4n) is 4.21. The second kappa shape index (κ2) is 11.5. The van der Waals surface area contributed by atoms with E-state index in [1.54, 1.807) is 50.6 Å². The first-order valence-electron chi connectivity index (χ1n) is 11.7. The highest BCUT2D eigenvalue weighted by molar-refractivity contribution is 5.70. The number of carbonyl (C=O) groups is 1. The van der Waals surface area contributed by atoms with Gasteiger partial charge in [0.1, 0.15) is 23.9 Å². The van der Waals surface area contributed by atoms with Gasteiger partial charge in [0.2, 0.25) is 0 Å². The van der Waals surface area contributed by atoms with Crippen molar-refractivity contribution in [1.29, 1.82) is 0 Å². The highest BCUT2D eigenvalue weighted by Gasteiger charge is 2.29. The van der Waals surface area contributed by atoms with Gasteiger partial charge in [-0.2, -0.15) is 0 Å². The quantitative estimate of drug-likeness (QED) is 0.342. The minimum atomic E-state index is -1.12. The van der Waals surface area contributed by atoms with E-state index in [1.807, 2.05) is 18.2 Å². The van der Waals surface area contributed by atoms with E-state index in [1.165, 1.54) is 6.07 Å². The van der Waals surface area contributed by atoms with Crippen LogP contribution in [0.4, 0.5) is 4.39 Å². The van der Waals surface area contributed by atoms with Gasteiger partial charge in [0.05, 0.1) is 25.7 Å². The number of aliphatic hydroxyl groups is 1. The first kappa shape index (κ1) is 27.2. The molecule has 6 nitrogen and oxygen atoms in total. The van der Waals surface area contributed by atoms with E-state index in [2.05, 4.69) is 20.8 Å². The Hall–Kier alpha value is -3.42. The van der Waals surface area contributed by atoms with Crippen molar-refractivity contribution in [3.8, 4) is 22.6 Å². The molecule has 0 fully saturated rings. The number of hydrogen-bond acceptors (Lipinski definition) is 5. The minimum Gasteiger partial charge on any atom is -0.497 e. The third-order valence-corrected chi connectivity index (χ3v) is 5.90. The summed E-state index contributed by atoms with van der Waals surface area (Å²) >= 11 is 0. The van der Waals surface area contributed by atoms with Gasteiger partial charge in [0, 0.05) is 12.7 Å². The fraction of sp³-hybridized carbons (Fsp3) is 0.345. The summed E-state index contributed by atoms with van der Waals surface area (Å²) in [5.74, 6) is -0.387. The second-order valence-corrected chi connectivity index (χ2v) is 9.72. The van der Waals surface area contributed by atoms with Gasteiger partial charge in [-0.25, -0.2) is 4.39 Å². The summed E-state index contributed by atoms with van der Waals surface area (Å²) in [5.41, 5.74) is 2.99. The molecule has 3 aromatic carbocycles. The molecule has 0 radical (unpaired) electrons. The molecule has 0 bridgehead atoms. The molecular weight excluding hydrogens is 463 g/mol. The monoisotopic (exact) mass is 496 g/mol. The zero-order valence-corrected chi connectivity index (χ0v) is 21.2. The van der Waals surface area contributed by atoms with Gasteiger partial charge >= 0.3 is 5.97 Å². The fourth-order valence-corrected chi connectivity index (χ4v) is 4.21. The van der Waals surface area contributed by atoms with E-state index in [0.29, 0.717) is 28.2 Å². The van der Waals surface area contributed by atoms with E-state index in [9.17, 15) is 14.3 Å². The summed E-state index contributed by atoms with van der Waals surface area (Å²) in [6.45, 7) is 6.39. The number of hydrogen-bond donors (Lipinski definition) is 2. The number of aliphatic carboxylic acids is 1. The van der Waals surface area contributed by atoms with E-state index in [0.717, 1.165) is 11.1 Å². The van der Waals surface area contributed by atoms with Crippen LogP contribution in [0.3, 0.4) is 0 Å². The molecule has 0 amide bonds. The topological polar surface area (TPSA) is 85.2 Å². The molecular formula is C29H33FO6. The van der Waals surface area contributed by atoms with Crippen LogP contribution in [0.25, 0.3) is 11.1 Å². The van der Waals surface area contributed by atoms with Crippen molar-refractivity contribution < 1.29 is 33.6 Å². The Kier molecular flexibility index (Phi) is 8.71. The van der Waals surface area contributed by atoms with Gasteiger partial charge in [0.25, 0.3) is 0 Å². The highest BCUT2D eigenvalue weighted by Crippen LogP contribution is 2.42. The molecule has 0 aromatic heterocycles. The van der Waals surface area contributed by atoms with E-state index >= 15 is 0 Å². The van der Waals surface area contributed by atoms with E-state index in [-0.39, 0.29) is 30.4 Å². The normalized spacial score (nSPS) is 13.2. The van der Waals surface area contributed by atoms with Crippen molar-refractivity contribution in [3.05, 3.63) is 83.2 Å². The SMILES string of the molecule is COc1ccc(F)c(-c2ccc(COc3cccc([C@H](O)CC(=O)O)c3)cc2C(OC)C(C)(C)C)c1. The van der Waals surface area contributed by atoms with Gasteiger partial charge in [-0.05, 0) is 64.1 Å². The maximum absolute atomic E-state index is 14.9. The summed E-state index contributed by atoms with van der Waals surface area (Å²) < 4.78 is 32.1. The Morgan fingerprint density at radius 3 is 2.36 bits per heavy atom. The smallest absolute Gasteiger partial charge is 0.306 e. The van der Waals surface area contributed by atoms with Crippen molar-refractivity contribution in [2.75, 3.05) is 14.2 Å². The van der Waals surface area contributed by atoms with Crippen molar-refractivity contribution in [2.24, 2.45) is 5.41 Å². The Labute approximate surface area is 211 Å². The van der Waals surface area contributed by atoms with Crippen molar-refractivity contribution in [1.82, 2.24) is 0 Å².